The van der Waals surface area contributed by atoms with E-state index in [-0.39, 0.29) is 19.8 Å². The van der Waals surface area contributed by atoms with Gasteiger partial charge in [-0.05, 0) is 0 Å². The second-order valence-electron chi connectivity index (χ2n) is 4.97. The molecule has 0 aromatic heterocycles. The van der Waals surface area contributed by atoms with Crippen molar-refractivity contribution in [3.63, 3.8) is 0 Å². The van der Waals surface area contributed by atoms with Crippen LogP contribution in [0.25, 0.3) is 0 Å². The highest BCUT2D eigenvalue weighted by molar-refractivity contribution is 5.79. The molecule has 1 amide bonds. The molecule has 2 saturated heterocycles. The molecular formula is C12H15F2NO5. The van der Waals surface area contributed by atoms with Crippen molar-refractivity contribution in [2.45, 2.75) is 5.92 Å². The number of piperidine rings is 1. The van der Waals surface area contributed by atoms with Crippen molar-refractivity contribution in [3.05, 3.63) is 12.7 Å². The molecule has 8 heteroatoms. The Balaban J connectivity index is 2.26. The monoisotopic (exact) mass is 291 g/mol. The van der Waals surface area contributed by atoms with Gasteiger partial charge in [0.15, 0.2) is 5.41 Å². The summed E-state index contributed by atoms with van der Waals surface area (Å²) in [4.78, 5) is 24.1. The fourth-order valence-electron chi connectivity index (χ4n) is 2.57. The predicted molar refractivity (Wildman–Crippen MR) is 62.4 cm³/mol. The van der Waals surface area contributed by atoms with E-state index in [1.165, 1.54) is 6.08 Å². The van der Waals surface area contributed by atoms with Crippen LogP contribution in [0.5, 0.6) is 0 Å². The Morgan fingerprint density at radius 3 is 2.85 bits per heavy atom. The fourth-order valence-corrected chi connectivity index (χ4v) is 2.57. The lowest BCUT2D eigenvalue weighted by Crippen LogP contribution is -2.70. The molecule has 0 spiro atoms. The molecule has 20 heavy (non-hydrogen) atoms. The van der Waals surface area contributed by atoms with Crippen molar-refractivity contribution in [2.75, 3.05) is 32.9 Å². The van der Waals surface area contributed by atoms with Crippen LogP contribution >= 0.6 is 0 Å². The van der Waals surface area contributed by atoms with Crippen molar-refractivity contribution in [2.24, 2.45) is 11.3 Å². The Morgan fingerprint density at radius 1 is 1.55 bits per heavy atom. The summed E-state index contributed by atoms with van der Waals surface area (Å²) in [5, 5.41) is 9.20. The van der Waals surface area contributed by atoms with Crippen LogP contribution in [-0.4, -0.2) is 60.9 Å². The van der Waals surface area contributed by atoms with Crippen molar-refractivity contribution in [3.8, 4) is 0 Å². The number of hydrogen-bond donors (Lipinski definition) is 1. The van der Waals surface area contributed by atoms with E-state index in [0.717, 1.165) is 4.90 Å². The van der Waals surface area contributed by atoms with Gasteiger partial charge in [0.1, 0.15) is 6.61 Å². The Morgan fingerprint density at radius 2 is 2.25 bits per heavy atom. The summed E-state index contributed by atoms with van der Waals surface area (Å²) in [5.74, 6) is -6.45. The minimum absolute atomic E-state index is 0.0625. The van der Waals surface area contributed by atoms with Gasteiger partial charge in [-0.15, -0.1) is 0 Å². The number of ether oxygens (including phenoxy) is 2. The quantitative estimate of drug-likeness (QED) is 0.784. The molecule has 112 valence electrons. The maximum absolute atomic E-state index is 14.3. The Labute approximate surface area is 113 Å². The normalized spacial score (nSPS) is 31.5. The molecule has 2 aliphatic heterocycles. The number of rotatable bonds is 3. The number of likely N-dealkylation sites (tertiary alicyclic amines) is 1. The third-order valence-electron chi connectivity index (χ3n) is 3.71. The van der Waals surface area contributed by atoms with Gasteiger partial charge >= 0.3 is 12.1 Å². The highest BCUT2D eigenvalue weighted by Gasteiger charge is 2.69. The first-order chi connectivity index (χ1) is 9.35. The van der Waals surface area contributed by atoms with E-state index >= 15 is 0 Å². The summed E-state index contributed by atoms with van der Waals surface area (Å²) < 4.78 is 38.3. The molecule has 0 saturated carbocycles. The Kier molecular flexibility index (Phi) is 3.68. The number of fused-ring (bicyclic) bond motifs is 2. The number of aliphatic carboxylic acids is 1. The van der Waals surface area contributed by atoms with Gasteiger partial charge in [-0.1, -0.05) is 12.7 Å². The topological polar surface area (TPSA) is 76.1 Å². The average Bonchev–Trinajstić information content (AvgIpc) is 2.34. The number of hydrogen-bond acceptors (Lipinski definition) is 4. The van der Waals surface area contributed by atoms with Crippen molar-refractivity contribution in [1.29, 1.82) is 0 Å². The molecule has 2 rings (SSSR count). The zero-order valence-corrected chi connectivity index (χ0v) is 10.7. The predicted octanol–water partition coefficient (Wildman–Crippen LogP) is 0.977. The molecule has 0 radical (unpaired) electrons. The zero-order valence-electron chi connectivity index (χ0n) is 10.7. The molecule has 0 aromatic rings. The fraction of sp³-hybridized carbons (Fsp3) is 0.667. The summed E-state index contributed by atoms with van der Waals surface area (Å²) in [6.07, 6.45) is 0.519. The molecule has 2 aliphatic rings. The van der Waals surface area contributed by atoms with Gasteiger partial charge in [0.05, 0.1) is 19.1 Å². The second-order valence-corrected chi connectivity index (χ2v) is 4.97. The summed E-state index contributed by atoms with van der Waals surface area (Å²) in [6.45, 7) is 1.46. The number of carboxylic acid groups (broad SMARTS) is 1. The van der Waals surface area contributed by atoms with E-state index in [9.17, 15) is 23.5 Å². The molecule has 0 aromatic carbocycles. The highest BCUT2D eigenvalue weighted by atomic mass is 19.3. The van der Waals surface area contributed by atoms with E-state index in [1.54, 1.807) is 0 Å². The SMILES string of the molecule is C=CCOC(=O)N1CC2COCC(C(=O)O)(C1)C2(F)F. The maximum Gasteiger partial charge on any atom is 0.410 e. The third kappa shape index (κ3) is 2.04. The average molecular weight is 291 g/mol. The van der Waals surface area contributed by atoms with E-state index in [0.29, 0.717) is 0 Å². The smallest absolute Gasteiger partial charge is 0.410 e. The van der Waals surface area contributed by atoms with Crippen LogP contribution in [0.2, 0.25) is 0 Å². The molecule has 2 atom stereocenters. The molecular weight excluding hydrogens is 276 g/mol. The maximum atomic E-state index is 14.3. The van der Waals surface area contributed by atoms with Gasteiger partial charge in [0, 0.05) is 13.1 Å². The van der Waals surface area contributed by atoms with Crippen LogP contribution in [0.4, 0.5) is 13.6 Å². The van der Waals surface area contributed by atoms with E-state index in [2.05, 4.69) is 6.58 Å². The molecule has 2 bridgehead atoms. The third-order valence-corrected chi connectivity index (χ3v) is 3.71. The number of carbonyl (C=O) groups excluding carboxylic acids is 1. The van der Waals surface area contributed by atoms with Crippen LogP contribution in [0.15, 0.2) is 12.7 Å². The zero-order chi connectivity index (χ0) is 15.0. The van der Waals surface area contributed by atoms with Gasteiger partial charge < -0.3 is 19.5 Å². The van der Waals surface area contributed by atoms with E-state index < -0.39 is 42.5 Å². The summed E-state index contributed by atoms with van der Waals surface area (Å²) in [7, 11) is 0. The molecule has 6 nitrogen and oxygen atoms in total. The largest absolute Gasteiger partial charge is 0.481 e. The van der Waals surface area contributed by atoms with Crippen LogP contribution in [-0.2, 0) is 14.3 Å². The summed E-state index contributed by atoms with van der Waals surface area (Å²) in [5.41, 5.74) is -2.42. The van der Waals surface area contributed by atoms with Crippen molar-refractivity contribution >= 4 is 12.1 Å². The number of amides is 1. The second kappa shape index (κ2) is 5.01. The van der Waals surface area contributed by atoms with Gasteiger partial charge in [-0.2, -0.15) is 0 Å². The Hall–Kier alpha value is -1.70. The van der Waals surface area contributed by atoms with Gasteiger partial charge in [0.25, 0.3) is 5.92 Å². The van der Waals surface area contributed by atoms with E-state index in [1.807, 2.05) is 0 Å². The van der Waals surface area contributed by atoms with Gasteiger partial charge in [-0.3, -0.25) is 4.79 Å². The molecule has 1 N–H and O–H groups in total. The van der Waals surface area contributed by atoms with Gasteiger partial charge in [-0.25, -0.2) is 13.6 Å². The van der Waals surface area contributed by atoms with E-state index in [4.69, 9.17) is 9.47 Å². The minimum atomic E-state index is -3.42. The summed E-state index contributed by atoms with van der Waals surface area (Å²) in [6, 6.07) is 0. The standard InChI is InChI=1S/C12H15F2NO5/c1-2-3-20-10(18)15-4-8-5-19-7-11(6-15,9(16)17)12(8,13)14/h2,8H,1,3-7H2,(H,16,17). The number of halogens is 2. The first-order valence-electron chi connectivity index (χ1n) is 6.06. The number of nitrogens with zero attached hydrogens (tertiary/aromatic N) is 1. The molecule has 2 unspecified atom stereocenters. The minimum Gasteiger partial charge on any atom is -0.481 e. The first kappa shape index (κ1) is 14.7. The lowest BCUT2D eigenvalue weighted by molar-refractivity contribution is -0.263. The Bertz CT molecular complexity index is 442. The highest BCUT2D eigenvalue weighted by Crippen LogP contribution is 2.50. The number of carbonyl (C=O) groups is 2. The number of carboxylic acids is 1. The van der Waals surface area contributed by atoms with Gasteiger partial charge in [0.2, 0.25) is 0 Å². The van der Waals surface area contributed by atoms with Crippen LogP contribution < -0.4 is 0 Å². The van der Waals surface area contributed by atoms with Crippen LogP contribution in [0.1, 0.15) is 0 Å². The lowest BCUT2D eigenvalue weighted by Gasteiger charge is -2.51. The van der Waals surface area contributed by atoms with Crippen molar-refractivity contribution < 1.29 is 33.0 Å². The molecule has 2 fully saturated rings. The van der Waals surface area contributed by atoms with Crippen molar-refractivity contribution in [1.82, 2.24) is 4.90 Å². The molecule has 0 aliphatic carbocycles. The van der Waals surface area contributed by atoms with Crippen LogP contribution in [0.3, 0.4) is 0 Å². The lowest BCUT2D eigenvalue weighted by atomic mass is 9.70. The summed E-state index contributed by atoms with van der Waals surface area (Å²) >= 11 is 0. The first-order valence-corrected chi connectivity index (χ1v) is 6.06. The number of alkyl halides is 2. The van der Waals surface area contributed by atoms with Crippen LogP contribution in [0, 0.1) is 11.3 Å². The molecule has 2 heterocycles.